The average molecular weight is 164 g/mol. The molecule has 5 heteroatoms. The van der Waals surface area contributed by atoms with Gasteiger partial charge in [-0.1, -0.05) is 13.3 Å². The standard InChI is InChI=1S/C5H10NO3S/c1-2-3-4-10(8,9)6-5-7/h2-4H2,1H3,(H,6,7). The highest BCUT2D eigenvalue weighted by molar-refractivity contribution is 7.89. The Morgan fingerprint density at radius 2 is 2.10 bits per heavy atom. The maximum Gasteiger partial charge on any atom is 0.323 e. The van der Waals surface area contributed by atoms with E-state index in [9.17, 15) is 13.2 Å². The Hall–Kier alpha value is -0.580. The van der Waals surface area contributed by atoms with Crippen LogP contribution in [0.15, 0.2) is 0 Å². The Labute approximate surface area is 60.7 Å². The van der Waals surface area contributed by atoms with Crippen LogP contribution >= 0.6 is 0 Å². The maximum absolute atomic E-state index is 10.6. The number of hydrogen-bond donors (Lipinski definition) is 1. The predicted molar refractivity (Wildman–Crippen MR) is 37.5 cm³/mol. The van der Waals surface area contributed by atoms with Gasteiger partial charge in [-0.05, 0) is 6.42 Å². The lowest BCUT2D eigenvalue weighted by molar-refractivity contribution is 0.546. The third-order valence-electron chi connectivity index (χ3n) is 0.964. The van der Waals surface area contributed by atoms with Gasteiger partial charge in [-0.15, -0.1) is 0 Å². The van der Waals surface area contributed by atoms with E-state index >= 15 is 0 Å². The molecular weight excluding hydrogens is 154 g/mol. The van der Waals surface area contributed by atoms with E-state index in [0.29, 0.717) is 6.42 Å². The molecule has 0 unspecified atom stereocenters. The van der Waals surface area contributed by atoms with Crippen LogP contribution in [0.2, 0.25) is 0 Å². The molecule has 4 nitrogen and oxygen atoms in total. The SMILES string of the molecule is CCCCS(=O)(=O)N[C]=O. The molecule has 0 aromatic carbocycles. The number of unbranched alkanes of at least 4 members (excludes halogenated alkanes) is 1. The fraction of sp³-hybridized carbons (Fsp3) is 0.800. The van der Waals surface area contributed by atoms with Crippen molar-refractivity contribution >= 4 is 16.4 Å². The average Bonchev–Trinajstić information content (AvgIpc) is 1.84. The van der Waals surface area contributed by atoms with E-state index in [-0.39, 0.29) is 5.75 Å². The van der Waals surface area contributed by atoms with Crippen molar-refractivity contribution in [2.45, 2.75) is 19.8 Å². The van der Waals surface area contributed by atoms with Gasteiger partial charge in [0.25, 0.3) is 0 Å². The van der Waals surface area contributed by atoms with Gasteiger partial charge in [0.05, 0.1) is 5.75 Å². The summed E-state index contributed by atoms with van der Waals surface area (Å²) in [6, 6.07) is 0. The van der Waals surface area contributed by atoms with E-state index in [0.717, 1.165) is 12.8 Å². The van der Waals surface area contributed by atoms with Crippen LogP contribution < -0.4 is 4.72 Å². The molecule has 0 saturated heterocycles. The number of hydrogen-bond acceptors (Lipinski definition) is 3. The molecule has 0 bridgehead atoms. The summed E-state index contributed by atoms with van der Waals surface area (Å²) in [5.41, 5.74) is 0. The van der Waals surface area contributed by atoms with Gasteiger partial charge in [0, 0.05) is 0 Å². The van der Waals surface area contributed by atoms with Crippen molar-refractivity contribution in [2.24, 2.45) is 0 Å². The largest absolute Gasteiger partial charge is 0.323 e. The fourth-order valence-corrected chi connectivity index (χ4v) is 1.35. The van der Waals surface area contributed by atoms with Gasteiger partial charge in [-0.3, -0.25) is 4.79 Å². The summed E-state index contributed by atoms with van der Waals surface area (Å²) in [5.74, 6) is -0.00125. The van der Waals surface area contributed by atoms with Crippen LogP contribution in [0.3, 0.4) is 0 Å². The first kappa shape index (κ1) is 9.42. The molecule has 0 fully saturated rings. The van der Waals surface area contributed by atoms with E-state index in [1.807, 2.05) is 6.92 Å². The highest BCUT2D eigenvalue weighted by Crippen LogP contribution is 1.91. The topological polar surface area (TPSA) is 63.2 Å². The quantitative estimate of drug-likeness (QED) is 0.571. The van der Waals surface area contributed by atoms with E-state index in [1.165, 1.54) is 0 Å². The van der Waals surface area contributed by atoms with Gasteiger partial charge >= 0.3 is 6.41 Å². The normalized spacial score (nSPS) is 10.9. The fourth-order valence-electron chi connectivity index (χ4n) is 0.449. The van der Waals surface area contributed by atoms with Gasteiger partial charge in [0.15, 0.2) is 0 Å². The van der Waals surface area contributed by atoms with Crippen LogP contribution in [-0.4, -0.2) is 20.6 Å². The van der Waals surface area contributed by atoms with Crippen molar-refractivity contribution < 1.29 is 13.2 Å². The van der Waals surface area contributed by atoms with Crippen LogP contribution in [0.25, 0.3) is 0 Å². The Bertz CT molecular complexity index is 185. The number of sulfonamides is 1. The molecule has 1 amide bonds. The van der Waals surface area contributed by atoms with Crippen molar-refractivity contribution in [3.05, 3.63) is 0 Å². The van der Waals surface area contributed by atoms with E-state index < -0.39 is 10.0 Å². The Balaban J connectivity index is 3.76. The lowest BCUT2D eigenvalue weighted by Gasteiger charge is -1.97. The molecule has 0 spiro atoms. The molecule has 0 atom stereocenters. The smallest absolute Gasteiger partial charge is 0.263 e. The second-order valence-corrected chi connectivity index (χ2v) is 3.72. The zero-order valence-corrected chi connectivity index (χ0v) is 6.57. The molecule has 0 aliphatic rings. The molecule has 0 saturated carbocycles. The second kappa shape index (κ2) is 4.27. The van der Waals surface area contributed by atoms with Crippen molar-refractivity contribution in [3.8, 4) is 0 Å². The molecule has 0 heterocycles. The van der Waals surface area contributed by atoms with Crippen LogP contribution in [0.4, 0.5) is 0 Å². The summed E-state index contributed by atoms with van der Waals surface area (Å²) in [5, 5.41) is 0. The highest BCUT2D eigenvalue weighted by atomic mass is 32.2. The Kier molecular flexibility index (Phi) is 4.02. The summed E-state index contributed by atoms with van der Waals surface area (Å²) in [6.45, 7) is 1.88. The summed E-state index contributed by atoms with van der Waals surface area (Å²) in [4.78, 5) is 9.57. The molecule has 0 aromatic heterocycles. The minimum atomic E-state index is -3.37. The number of nitrogens with one attached hydrogen (secondary N) is 1. The van der Waals surface area contributed by atoms with Crippen molar-refractivity contribution in [3.63, 3.8) is 0 Å². The first-order valence-corrected chi connectivity index (χ1v) is 4.64. The number of carbonyl (C=O) groups excluding carboxylic acids is 1. The second-order valence-electron chi connectivity index (χ2n) is 1.88. The molecule has 0 aliphatic carbocycles. The number of amides is 1. The molecule has 0 aliphatic heterocycles. The minimum Gasteiger partial charge on any atom is -0.263 e. The lowest BCUT2D eigenvalue weighted by Crippen LogP contribution is -2.24. The van der Waals surface area contributed by atoms with Gasteiger partial charge in [-0.2, -0.15) is 0 Å². The van der Waals surface area contributed by atoms with Gasteiger partial charge < -0.3 is 0 Å². The minimum absolute atomic E-state index is 0.00125. The highest BCUT2D eigenvalue weighted by Gasteiger charge is 2.06. The van der Waals surface area contributed by atoms with Crippen LogP contribution in [0.5, 0.6) is 0 Å². The molecule has 1 radical (unpaired) electrons. The summed E-state index contributed by atoms with van der Waals surface area (Å²) >= 11 is 0. The molecule has 10 heavy (non-hydrogen) atoms. The zero-order chi connectivity index (χ0) is 8.04. The van der Waals surface area contributed by atoms with Crippen LogP contribution in [0, 0.1) is 0 Å². The van der Waals surface area contributed by atoms with E-state index in [2.05, 4.69) is 0 Å². The summed E-state index contributed by atoms with van der Waals surface area (Å²) < 4.78 is 22.9. The predicted octanol–water partition coefficient (Wildman–Crippen LogP) is -0.227. The molecule has 0 rings (SSSR count). The number of rotatable bonds is 5. The van der Waals surface area contributed by atoms with Gasteiger partial charge in [-0.25, -0.2) is 13.1 Å². The lowest BCUT2D eigenvalue weighted by atomic mass is 10.4. The monoisotopic (exact) mass is 164 g/mol. The van der Waals surface area contributed by atoms with Gasteiger partial charge in [0.2, 0.25) is 10.0 Å². The van der Waals surface area contributed by atoms with Crippen LogP contribution in [0.1, 0.15) is 19.8 Å². The summed E-state index contributed by atoms with van der Waals surface area (Å²) in [6.07, 6.45) is 2.49. The third-order valence-corrected chi connectivity index (χ3v) is 2.18. The Morgan fingerprint density at radius 3 is 2.50 bits per heavy atom. The zero-order valence-electron chi connectivity index (χ0n) is 5.75. The first-order valence-electron chi connectivity index (χ1n) is 2.99. The maximum atomic E-state index is 10.6. The molecule has 59 valence electrons. The van der Waals surface area contributed by atoms with Gasteiger partial charge in [0.1, 0.15) is 0 Å². The Morgan fingerprint density at radius 1 is 1.50 bits per heavy atom. The molecule has 0 aromatic rings. The van der Waals surface area contributed by atoms with E-state index in [1.54, 1.807) is 4.72 Å². The molecule has 1 N–H and O–H groups in total. The third kappa shape index (κ3) is 4.31. The summed E-state index contributed by atoms with van der Waals surface area (Å²) in [7, 11) is -3.37. The van der Waals surface area contributed by atoms with Crippen molar-refractivity contribution in [2.75, 3.05) is 5.75 Å². The van der Waals surface area contributed by atoms with Crippen LogP contribution in [-0.2, 0) is 14.8 Å². The van der Waals surface area contributed by atoms with Crippen molar-refractivity contribution in [1.82, 2.24) is 4.72 Å². The van der Waals surface area contributed by atoms with E-state index in [4.69, 9.17) is 0 Å². The first-order chi connectivity index (χ1) is 4.62. The molecular formula is C5H10NO3S. The van der Waals surface area contributed by atoms with Crippen molar-refractivity contribution in [1.29, 1.82) is 0 Å².